The maximum atomic E-state index is 12.7. The summed E-state index contributed by atoms with van der Waals surface area (Å²) in [6, 6.07) is -5.08. The first kappa shape index (κ1) is 26.0. The number of aliphatic hydroxyl groups is 2. The van der Waals surface area contributed by atoms with Crippen molar-refractivity contribution in [3.8, 4) is 0 Å². The molecule has 0 saturated carbocycles. The third kappa shape index (κ3) is 8.70. The molecule has 0 radical (unpaired) electrons. The van der Waals surface area contributed by atoms with Crippen LogP contribution in [0.4, 0.5) is 0 Å². The van der Waals surface area contributed by atoms with Crippen molar-refractivity contribution in [3.05, 3.63) is 18.2 Å². The number of nitrogens with two attached hydrogens (primary N) is 1. The van der Waals surface area contributed by atoms with Crippen LogP contribution in [0.5, 0.6) is 0 Å². The van der Waals surface area contributed by atoms with E-state index in [1.165, 1.54) is 12.5 Å². The molecule has 0 spiro atoms. The molecule has 3 amide bonds. The smallest absolute Gasteiger partial charge is 0.328 e. The number of nitrogens with one attached hydrogen (secondary N) is 4. The van der Waals surface area contributed by atoms with Gasteiger partial charge in [0.15, 0.2) is 0 Å². The van der Waals surface area contributed by atoms with E-state index >= 15 is 0 Å². The highest BCUT2D eigenvalue weighted by atomic mass is 16.4. The molecule has 0 aliphatic carbocycles. The Balaban J connectivity index is 2.79. The normalized spacial score (nSPS) is 14.9. The predicted molar refractivity (Wildman–Crippen MR) is 107 cm³/mol. The van der Waals surface area contributed by atoms with E-state index in [0.29, 0.717) is 5.69 Å². The van der Waals surface area contributed by atoms with E-state index in [2.05, 4.69) is 20.6 Å². The number of nitrogens with zero attached hydrogens (tertiary/aromatic N) is 1. The van der Waals surface area contributed by atoms with Gasteiger partial charge in [0.25, 0.3) is 0 Å². The Bertz CT molecular complexity index is 740. The molecular formula is C18H30N6O7. The molecule has 0 aliphatic rings. The van der Waals surface area contributed by atoms with Gasteiger partial charge < -0.3 is 42.0 Å². The molecule has 13 heteroatoms. The van der Waals surface area contributed by atoms with Crippen molar-refractivity contribution in [2.75, 3.05) is 13.2 Å². The molecule has 13 nitrogen and oxygen atoms in total. The lowest BCUT2D eigenvalue weighted by atomic mass is 10.0. The van der Waals surface area contributed by atoms with E-state index in [1.807, 2.05) is 19.2 Å². The molecular weight excluding hydrogens is 412 g/mol. The van der Waals surface area contributed by atoms with Gasteiger partial charge in [-0.25, -0.2) is 9.78 Å². The van der Waals surface area contributed by atoms with Gasteiger partial charge in [-0.1, -0.05) is 13.8 Å². The summed E-state index contributed by atoms with van der Waals surface area (Å²) in [5, 5.41) is 34.2. The van der Waals surface area contributed by atoms with Crippen molar-refractivity contribution in [2.45, 2.75) is 50.9 Å². The highest BCUT2D eigenvalue weighted by Crippen LogP contribution is 2.07. The number of aliphatic carboxylic acids is 1. The van der Waals surface area contributed by atoms with Crippen LogP contribution in [-0.2, 0) is 25.6 Å². The molecule has 1 aromatic heterocycles. The Labute approximate surface area is 178 Å². The van der Waals surface area contributed by atoms with Gasteiger partial charge in [-0.2, -0.15) is 0 Å². The summed E-state index contributed by atoms with van der Waals surface area (Å²) in [4.78, 5) is 54.9. The zero-order valence-electron chi connectivity index (χ0n) is 17.4. The largest absolute Gasteiger partial charge is 0.480 e. The van der Waals surface area contributed by atoms with Crippen LogP contribution in [0.2, 0.25) is 0 Å². The van der Waals surface area contributed by atoms with Gasteiger partial charge in [-0.05, 0) is 12.3 Å². The van der Waals surface area contributed by atoms with Crippen molar-refractivity contribution in [1.82, 2.24) is 25.9 Å². The third-order valence-electron chi connectivity index (χ3n) is 4.28. The number of aromatic amines is 1. The van der Waals surface area contributed by atoms with Crippen molar-refractivity contribution >= 4 is 23.7 Å². The second-order valence-electron chi connectivity index (χ2n) is 7.40. The SMILES string of the molecule is CC(C)CC(NC(=O)C(N)Cc1cnc[nH]1)C(=O)NC(CO)C(=O)NC(CO)C(=O)O. The van der Waals surface area contributed by atoms with Crippen molar-refractivity contribution < 1.29 is 34.5 Å². The number of hydrogen-bond donors (Lipinski definition) is 8. The number of carbonyl (C=O) groups is 4. The monoisotopic (exact) mass is 442 g/mol. The van der Waals surface area contributed by atoms with Crippen LogP contribution in [0.15, 0.2) is 12.5 Å². The third-order valence-corrected chi connectivity index (χ3v) is 4.28. The molecule has 0 bridgehead atoms. The predicted octanol–water partition coefficient (Wildman–Crippen LogP) is -3.15. The average Bonchev–Trinajstić information content (AvgIpc) is 3.21. The highest BCUT2D eigenvalue weighted by molar-refractivity contribution is 5.94. The number of aromatic nitrogens is 2. The van der Waals surface area contributed by atoms with Crippen molar-refractivity contribution in [2.24, 2.45) is 11.7 Å². The van der Waals surface area contributed by atoms with Gasteiger partial charge in [-0.3, -0.25) is 14.4 Å². The second kappa shape index (κ2) is 12.6. The molecule has 0 aliphatic heterocycles. The molecule has 1 rings (SSSR count). The minimum absolute atomic E-state index is 0.00735. The summed E-state index contributed by atoms with van der Waals surface area (Å²) < 4.78 is 0. The molecule has 9 N–H and O–H groups in total. The van der Waals surface area contributed by atoms with Gasteiger partial charge >= 0.3 is 5.97 Å². The van der Waals surface area contributed by atoms with Gasteiger partial charge in [0.1, 0.15) is 18.1 Å². The quantitative estimate of drug-likeness (QED) is 0.154. The minimum atomic E-state index is -1.59. The maximum Gasteiger partial charge on any atom is 0.328 e. The number of amides is 3. The summed E-state index contributed by atoms with van der Waals surface area (Å²) in [5.41, 5.74) is 6.53. The zero-order valence-corrected chi connectivity index (χ0v) is 17.4. The molecule has 0 aromatic carbocycles. The number of rotatable bonds is 13. The number of aliphatic hydroxyl groups excluding tert-OH is 2. The zero-order chi connectivity index (χ0) is 23.6. The lowest BCUT2D eigenvalue weighted by Crippen LogP contribution is -2.58. The molecule has 31 heavy (non-hydrogen) atoms. The standard InChI is InChI=1S/C18H30N6O7/c1-9(2)3-12(22-15(27)11(19)4-10-5-20-8-21-10)16(28)23-13(6-25)17(29)24-14(7-26)18(30)31/h5,8-9,11-14,25-26H,3-4,6-7,19H2,1-2H3,(H,20,21)(H,22,27)(H,23,28)(H,24,29)(H,30,31). The second-order valence-corrected chi connectivity index (χ2v) is 7.40. The summed E-state index contributed by atoms with van der Waals surface area (Å²) in [7, 11) is 0. The molecule has 0 fully saturated rings. The number of hydrogen-bond acceptors (Lipinski definition) is 8. The van der Waals surface area contributed by atoms with Crippen LogP contribution in [0.3, 0.4) is 0 Å². The van der Waals surface area contributed by atoms with Crippen LogP contribution in [-0.4, -0.2) is 86.4 Å². The summed E-state index contributed by atoms with van der Waals surface area (Å²) in [6.07, 6.45) is 3.36. The molecule has 174 valence electrons. The summed E-state index contributed by atoms with van der Waals surface area (Å²) in [5.74, 6) is -3.82. The number of carboxylic acids is 1. The Morgan fingerprint density at radius 2 is 1.55 bits per heavy atom. The topological polar surface area (TPSA) is 220 Å². The molecule has 0 saturated heterocycles. The maximum absolute atomic E-state index is 12.7. The van der Waals surface area contributed by atoms with E-state index in [-0.39, 0.29) is 18.8 Å². The number of carboxylic acid groups (broad SMARTS) is 1. The Morgan fingerprint density at radius 3 is 2.03 bits per heavy atom. The Morgan fingerprint density at radius 1 is 1.00 bits per heavy atom. The first-order valence-corrected chi connectivity index (χ1v) is 9.67. The van der Waals surface area contributed by atoms with E-state index < -0.39 is 61.1 Å². The number of carbonyl (C=O) groups excluding carboxylic acids is 3. The van der Waals surface area contributed by atoms with E-state index in [0.717, 1.165) is 0 Å². The van der Waals surface area contributed by atoms with Gasteiger partial charge in [0, 0.05) is 18.3 Å². The van der Waals surface area contributed by atoms with Gasteiger partial charge in [0.05, 0.1) is 25.6 Å². The van der Waals surface area contributed by atoms with Crippen molar-refractivity contribution in [1.29, 1.82) is 0 Å². The fourth-order valence-corrected chi connectivity index (χ4v) is 2.63. The lowest BCUT2D eigenvalue weighted by molar-refractivity contribution is -0.143. The van der Waals surface area contributed by atoms with E-state index in [1.54, 1.807) is 0 Å². The fraction of sp³-hybridized carbons (Fsp3) is 0.611. The molecule has 1 aromatic rings. The van der Waals surface area contributed by atoms with Crippen LogP contribution >= 0.6 is 0 Å². The Kier molecular flexibility index (Phi) is 10.6. The highest BCUT2D eigenvalue weighted by Gasteiger charge is 2.30. The van der Waals surface area contributed by atoms with Crippen molar-refractivity contribution in [3.63, 3.8) is 0 Å². The fourth-order valence-electron chi connectivity index (χ4n) is 2.63. The average molecular weight is 442 g/mol. The minimum Gasteiger partial charge on any atom is -0.480 e. The summed E-state index contributed by atoms with van der Waals surface area (Å²) >= 11 is 0. The van der Waals surface area contributed by atoms with Gasteiger partial charge in [0.2, 0.25) is 17.7 Å². The molecule has 4 unspecified atom stereocenters. The van der Waals surface area contributed by atoms with Crippen LogP contribution in [0.1, 0.15) is 26.0 Å². The van der Waals surface area contributed by atoms with Crippen LogP contribution in [0, 0.1) is 5.92 Å². The first-order valence-electron chi connectivity index (χ1n) is 9.67. The molecule has 1 heterocycles. The number of imidazole rings is 1. The van der Waals surface area contributed by atoms with E-state index in [9.17, 15) is 24.3 Å². The van der Waals surface area contributed by atoms with Crippen LogP contribution in [0.25, 0.3) is 0 Å². The lowest BCUT2D eigenvalue weighted by Gasteiger charge is -2.25. The van der Waals surface area contributed by atoms with E-state index in [4.69, 9.17) is 15.9 Å². The molecule has 4 atom stereocenters. The number of H-pyrrole nitrogens is 1. The summed E-state index contributed by atoms with van der Waals surface area (Å²) in [6.45, 7) is 1.96. The Hall–Kier alpha value is -3.03. The van der Waals surface area contributed by atoms with Crippen LogP contribution < -0.4 is 21.7 Å². The first-order chi connectivity index (χ1) is 14.6. The van der Waals surface area contributed by atoms with Gasteiger partial charge in [-0.15, -0.1) is 0 Å².